The second-order valence-electron chi connectivity index (χ2n) is 5.75. The zero-order valence-electron chi connectivity index (χ0n) is 12.5. The number of guanidine groups is 1. The number of nitrogens with zero attached hydrogens (tertiary/aromatic N) is 1. The highest BCUT2D eigenvalue weighted by atomic mass is 32.2. The minimum atomic E-state index is -2.81. The molecule has 2 N–H and O–H groups in total. The maximum absolute atomic E-state index is 11.5. The molecule has 0 aliphatic carbocycles. The summed E-state index contributed by atoms with van der Waals surface area (Å²) < 4.78 is 22.9. The van der Waals surface area contributed by atoms with Crippen molar-refractivity contribution >= 4 is 27.1 Å². The molecule has 0 bridgehead atoms. The van der Waals surface area contributed by atoms with Gasteiger partial charge in [0.1, 0.15) is 0 Å². The normalized spacial score (nSPS) is 21.7. The van der Waals surface area contributed by atoms with Gasteiger partial charge in [-0.1, -0.05) is 0 Å². The van der Waals surface area contributed by atoms with Gasteiger partial charge in [0, 0.05) is 12.6 Å². The third kappa shape index (κ3) is 5.67. The lowest BCUT2D eigenvalue weighted by atomic mass is 10.1. The number of rotatable bonds is 5. The van der Waals surface area contributed by atoms with E-state index < -0.39 is 9.84 Å². The van der Waals surface area contributed by atoms with E-state index in [2.05, 4.69) is 40.9 Å². The number of thiophene rings is 1. The summed E-state index contributed by atoms with van der Waals surface area (Å²) in [7, 11) is -2.81. The smallest absolute Gasteiger partial charge is 0.191 e. The van der Waals surface area contributed by atoms with Crippen LogP contribution in [0.2, 0.25) is 0 Å². The molecule has 0 spiro atoms. The van der Waals surface area contributed by atoms with Crippen LogP contribution in [0.1, 0.15) is 25.8 Å². The maximum atomic E-state index is 11.5. The van der Waals surface area contributed by atoms with Gasteiger partial charge in [-0.2, -0.15) is 11.3 Å². The fraction of sp³-hybridized carbons (Fsp3) is 0.643. The summed E-state index contributed by atoms with van der Waals surface area (Å²) in [5, 5.41) is 10.7. The molecule has 1 aromatic rings. The summed E-state index contributed by atoms with van der Waals surface area (Å²) in [6, 6.07) is 2.34. The summed E-state index contributed by atoms with van der Waals surface area (Å²) in [5.41, 5.74) is 1.19. The van der Waals surface area contributed by atoms with E-state index in [-0.39, 0.29) is 12.0 Å². The van der Waals surface area contributed by atoms with Crippen molar-refractivity contribution in [1.29, 1.82) is 0 Å². The minimum Gasteiger partial charge on any atom is -0.356 e. The molecule has 2 heterocycles. The van der Waals surface area contributed by atoms with E-state index in [1.807, 2.05) is 5.38 Å². The molecule has 0 amide bonds. The Bertz CT molecular complexity index is 565. The van der Waals surface area contributed by atoms with Crippen molar-refractivity contribution in [2.24, 2.45) is 10.9 Å². The molecule has 1 aromatic heterocycles. The lowest BCUT2D eigenvalue weighted by Gasteiger charge is -2.17. The molecule has 118 valence electrons. The highest BCUT2D eigenvalue weighted by Gasteiger charge is 2.27. The fourth-order valence-electron chi connectivity index (χ4n) is 2.25. The average Bonchev–Trinajstić information content (AvgIpc) is 3.01. The molecule has 1 unspecified atom stereocenters. The van der Waals surface area contributed by atoms with Gasteiger partial charge in [0.15, 0.2) is 15.8 Å². The molecule has 1 atom stereocenters. The molecular weight excluding hydrogens is 306 g/mol. The molecular formula is C14H23N3O2S2. The van der Waals surface area contributed by atoms with E-state index in [0.717, 1.165) is 12.4 Å². The van der Waals surface area contributed by atoms with Gasteiger partial charge in [-0.3, -0.25) is 0 Å². The molecule has 0 radical (unpaired) electrons. The molecule has 1 fully saturated rings. The summed E-state index contributed by atoms with van der Waals surface area (Å²) in [6.07, 6.45) is 0.745. The number of hydrogen-bond acceptors (Lipinski definition) is 4. The third-order valence-corrected chi connectivity index (χ3v) is 5.88. The van der Waals surface area contributed by atoms with Crippen molar-refractivity contribution in [3.8, 4) is 0 Å². The van der Waals surface area contributed by atoms with Gasteiger partial charge < -0.3 is 10.6 Å². The second-order valence-corrected chi connectivity index (χ2v) is 8.75. The predicted molar refractivity (Wildman–Crippen MR) is 88.5 cm³/mol. The third-order valence-electron chi connectivity index (χ3n) is 3.31. The van der Waals surface area contributed by atoms with Crippen LogP contribution in [-0.2, 0) is 16.4 Å². The van der Waals surface area contributed by atoms with Gasteiger partial charge in [0.05, 0.1) is 18.1 Å². The van der Waals surface area contributed by atoms with Crippen LogP contribution in [0.25, 0.3) is 0 Å². The van der Waals surface area contributed by atoms with E-state index >= 15 is 0 Å². The Morgan fingerprint density at radius 1 is 1.52 bits per heavy atom. The highest BCUT2D eigenvalue weighted by molar-refractivity contribution is 7.91. The number of nitrogens with one attached hydrogen (secondary N) is 2. The maximum Gasteiger partial charge on any atom is 0.191 e. The molecule has 7 heteroatoms. The molecule has 1 aliphatic rings. The van der Waals surface area contributed by atoms with Gasteiger partial charge in [0.2, 0.25) is 0 Å². The van der Waals surface area contributed by atoms with Crippen molar-refractivity contribution in [3.05, 3.63) is 22.4 Å². The molecule has 0 saturated carbocycles. The highest BCUT2D eigenvalue weighted by Crippen LogP contribution is 2.17. The van der Waals surface area contributed by atoms with Crippen molar-refractivity contribution in [1.82, 2.24) is 10.6 Å². The van der Waals surface area contributed by atoms with Crippen molar-refractivity contribution in [2.45, 2.75) is 32.9 Å². The van der Waals surface area contributed by atoms with E-state index in [0.29, 0.717) is 24.6 Å². The quantitative estimate of drug-likeness (QED) is 0.636. The molecule has 1 saturated heterocycles. The van der Waals surface area contributed by atoms with Crippen LogP contribution in [0.5, 0.6) is 0 Å². The summed E-state index contributed by atoms with van der Waals surface area (Å²) in [5.74, 6) is 1.55. The Labute approximate surface area is 130 Å². The Morgan fingerprint density at radius 2 is 2.33 bits per heavy atom. The summed E-state index contributed by atoms with van der Waals surface area (Å²) in [6.45, 7) is 5.40. The van der Waals surface area contributed by atoms with Gasteiger partial charge >= 0.3 is 0 Å². The molecule has 1 aliphatic heterocycles. The predicted octanol–water partition coefficient (Wildman–Crippen LogP) is 1.63. The van der Waals surface area contributed by atoms with Crippen LogP contribution >= 0.6 is 11.3 Å². The summed E-state index contributed by atoms with van der Waals surface area (Å²) in [4.78, 5) is 4.56. The van der Waals surface area contributed by atoms with E-state index in [4.69, 9.17) is 0 Å². The average molecular weight is 329 g/mol. The number of sulfone groups is 1. The van der Waals surface area contributed by atoms with Crippen LogP contribution in [0.4, 0.5) is 0 Å². The topological polar surface area (TPSA) is 70.6 Å². The van der Waals surface area contributed by atoms with Crippen LogP contribution in [-0.4, -0.2) is 38.5 Å². The van der Waals surface area contributed by atoms with Gasteiger partial charge in [-0.25, -0.2) is 13.4 Å². The first-order chi connectivity index (χ1) is 9.94. The van der Waals surface area contributed by atoms with Gasteiger partial charge in [-0.15, -0.1) is 0 Å². The van der Waals surface area contributed by atoms with Crippen LogP contribution in [0.3, 0.4) is 0 Å². The van der Waals surface area contributed by atoms with Gasteiger partial charge in [-0.05, 0) is 48.6 Å². The minimum absolute atomic E-state index is 0.190. The standard InChI is InChI=1S/C14H23N3O2S2/c1-11(2)17-14(15-7-12-3-5-20-9-12)16-8-13-4-6-21(18,19)10-13/h3,5,9,11,13H,4,6-8,10H2,1-2H3,(H2,15,16,17). The van der Waals surface area contributed by atoms with Crippen molar-refractivity contribution < 1.29 is 8.42 Å². The SMILES string of the molecule is CC(C)NC(=NCc1ccsc1)NCC1CCS(=O)(=O)C1. The Morgan fingerprint density at radius 3 is 2.90 bits per heavy atom. The number of hydrogen-bond donors (Lipinski definition) is 2. The molecule has 21 heavy (non-hydrogen) atoms. The zero-order valence-corrected chi connectivity index (χ0v) is 14.1. The van der Waals surface area contributed by atoms with E-state index in [9.17, 15) is 8.42 Å². The second kappa shape index (κ2) is 7.26. The van der Waals surface area contributed by atoms with Crippen LogP contribution < -0.4 is 10.6 Å². The van der Waals surface area contributed by atoms with Gasteiger partial charge in [0.25, 0.3) is 0 Å². The Kier molecular flexibility index (Phi) is 5.64. The Balaban J connectivity index is 1.88. The van der Waals surface area contributed by atoms with Crippen molar-refractivity contribution in [2.75, 3.05) is 18.1 Å². The first kappa shape index (κ1) is 16.3. The first-order valence-corrected chi connectivity index (χ1v) is 9.97. The monoisotopic (exact) mass is 329 g/mol. The lowest BCUT2D eigenvalue weighted by Crippen LogP contribution is -2.43. The summed E-state index contributed by atoms with van der Waals surface area (Å²) >= 11 is 1.66. The van der Waals surface area contributed by atoms with Crippen LogP contribution in [0, 0.1) is 5.92 Å². The largest absolute Gasteiger partial charge is 0.356 e. The Hall–Kier alpha value is -1.08. The number of aliphatic imine (C=N–C) groups is 1. The zero-order chi connectivity index (χ0) is 15.3. The first-order valence-electron chi connectivity index (χ1n) is 7.21. The molecule has 0 aromatic carbocycles. The molecule has 5 nitrogen and oxygen atoms in total. The molecule has 2 rings (SSSR count). The van der Waals surface area contributed by atoms with Crippen molar-refractivity contribution in [3.63, 3.8) is 0 Å². The van der Waals surface area contributed by atoms with Crippen LogP contribution in [0.15, 0.2) is 21.8 Å². The van der Waals surface area contributed by atoms with E-state index in [1.165, 1.54) is 5.56 Å². The lowest BCUT2D eigenvalue weighted by molar-refractivity contribution is 0.562. The van der Waals surface area contributed by atoms with E-state index in [1.54, 1.807) is 11.3 Å². The fourth-order valence-corrected chi connectivity index (χ4v) is 4.77.